The van der Waals surface area contributed by atoms with E-state index >= 15 is 0 Å². The molecule has 0 aromatic carbocycles. The first-order chi connectivity index (χ1) is 4.41. The molecule has 0 aromatic heterocycles. The maximum Gasteiger partial charge on any atom is 0.0162 e. The summed E-state index contributed by atoms with van der Waals surface area (Å²) in [6, 6.07) is 0. The van der Waals surface area contributed by atoms with Gasteiger partial charge in [-0.2, -0.15) is 0 Å². The number of nitrogens with one attached hydrogen (secondary N) is 1. The Hall–Kier alpha value is 0.660. The van der Waals surface area contributed by atoms with E-state index in [0.29, 0.717) is 0 Å². The van der Waals surface area contributed by atoms with Crippen LogP contribution >= 0.6 is 21.6 Å². The first-order valence-electron chi connectivity index (χ1n) is 3.37. The Labute approximate surface area is 65.8 Å². The van der Waals surface area contributed by atoms with Gasteiger partial charge in [0.2, 0.25) is 0 Å². The largest absolute Gasteiger partial charge is 0.316 e. The minimum Gasteiger partial charge on any atom is -0.316 e. The second-order valence-corrected chi connectivity index (χ2v) is 4.45. The Morgan fingerprint density at radius 3 is 2.56 bits per heavy atom. The Balaban J connectivity index is 2.60. The first kappa shape index (κ1) is 9.66. The molecule has 0 saturated heterocycles. The van der Waals surface area contributed by atoms with Gasteiger partial charge >= 0.3 is 0 Å². The molecule has 0 bridgehead atoms. The summed E-state index contributed by atoms with van der Waals surface area (Å²) >= 11 is 0. The normalized spacial score (nSPS) is 10.0. The van der Waals surface area contributed by atoms with Crippen LogP contribution in [0.2, 0.25) is 0 Å². The maximum absolute atomic E-state index is 3.27. The van der Waals surface area contributed by atoms with Crippen LogP contribution in [0, 0.1) is 0 Å². The van der Waals surface area contributed by atoms with Crippen molar-refractivity contribution in [2.75, 3.05) is 24.6 Å². The van der Waals surface area contributed by atoms with Gasteiger partial charge in [-0.15, -0.1) is 0 Å². The quantitative estimate of drug-likeness (QED) is 0.477. The summed E-state index contributed by atoms with van der Waals surface area (Å²) in [5.41, 5.74) is 0. The third-order valence-corrected chi connectivity index (χ3v) is 3.29. The van der Waals surface area contributed by atoms with Crippen molar-refractivity contribution in [1.82, 2.24) is 5.32 Å². The molecule has 0 spiro atoms. The molecule has 0 heterocycles. The lowest BCUT2D eigenvalue weighted by Crippen LogP contribution is -2.15. The fourth-order valence-electron chi connectivity index (χ4n) is 0.433. The lowest BCUT2D eigenvalue weighted by atomic mass is 10.7. The lowest BCUT2D eigenvalue weighted by molar-refractivity contribution is 0.769. The van der Waals surface area contributed by atoms with Gasteiger partial charge in [0.1, 0.15) is 0 Å². The van der Waals surface area contributed by atoms with Crippen LogP contribution in [-0.2, 0) is 0 Å². The van der Waals surface area contributed by atoms with Crippen LogP contribution < -0.4 is 5.32 Å². The molecule has 9 heavy (non-hydrogen) atoms. The molecule has 0 aromatic rings. The predicted molar refractivity (Wildman–Crippen MR) is 49.1 cm³/mol. The van der Waals surface area contributed by atoms with E-state index in [0.717, 1.165) is 13.1 Å². The van der Waals surface area contributed by atoms with Crippen molar-refractivity contribution in [2.24, 2.45) is 0 Å². The highest BCUT2D eigenvalue weighted by Gasteiger charge is 1.84. The molecule has 1 nitrogen and oxygen atoms in total. The third kappa shape index (κ3) is 8.66. The lowest BCUT2D eigenvalue weighted by Gasteiger charge is -1.98. The molecular formula is C6H15NS2. The molecular weight excluding hydrogens is 150 g/mol. The van der Waals surface area contributed by atoms with Gasteiger partial charge in [0, 0.05) is 18.1 Å². The number of hydrogen-bond donors (Lipinski definition) is 1. The summed E-state index contributed by atoms with van der Waals surface area (Å²) in [7, 11) is 3.88. The molecule has 1 N–H and O–H groups in total. The van der Waals surface area contributed by atoms with Crippen LogP contribution in [-0.4, -0.2) is 24.6 Å². The third-order valence-electron chi connectivity index (χ3n) is 0.813. The minimum atomic E-state index is 1.09. The van der Waals surface area contributed by atoms with Gasteiger partial charge in [-0.25, -0.2) is 0 Å². The zero-order chi connectivity index (χ0) is 6.95. The Bertz CT molecular complexity index is 44.3. The van der Waals surface area contributed by atoms with Crippen molar-refractivity contribution in [3.8, 4) is 0 Å². The predicted octanol–water partition coefficient (Wildman–Crippen LogP) is 2.00. The van der Waals surface area contributed by atoms with Crippen LogP contribution in [0.1, 0.15) is 13.8 Å². The van der Waals surface area contributed by atoms with Crippen molar-refractivity contribution >= 4 is 21.6 Å². The average Bonchev–Trinajstić information content (AvgIpc) is 1.89. The monoisotopic (exact) mass is 165 g/mol. The van der Waals surface area contributed by atoms with Crippen molar-refractivity contribution in [1.29, 1.82) is 0 Å². The van der Waals surface area contributed by atoms with Gasteiger partial charge < -0.3 is 5.32 Å². The molecule has 0 amide bonds. The van der Waals surface area contributed by atoms with Crippen molar-refractivity contribution < 1.29 is 0 Å². The average molecular weight is 165 g/mol. The van der Waals surface area contributed by atoms with Crippen LogP contribution in [0.25, 0.3) is 0 Å². The fourth-order valence-corrected chi connectivity index (χ4v) is 2.05. The molecule has 0 unspecified atom stereocenters. The smallest absolute Gasteiger partial charge is 0.0162 e. The fraction of sp³-hybridized carbons (Fsp3) is 1.00. The molecule has 56 valence electrons. The van der Waals surface area contributed by atoms with Crippen LogP contribution in [0.4, 0.5) is 0 Å². The van der Waals surface area contributed by atoms with Crippen molar-refractivity contribution in [2.45, 2.75) is 13.8 Å². The summed E-state index contributed by atoms with van der Waals surface area (Å²) in [6.07, 6.45) is 0. The highest BCUT2D eigenvalue weighted by atomic mass is 33.1. The SMILES string of the molecule is CCNCCSSCC. The zero-order valence-electron chi connectivity index (χ0n) is 6.14. The molecule has 0 fully saturated rings. The second kappa shape index (κ2) is 8.66. The minimum absolute atomic E-state index is 1.09. The maximum atomic E-state index is 3.27. The highest BCUT2D eigenvalue weighted by molar-refractivity contribution is 8.76. The van der Waals surface area contributed by atoms with E-state index in [1.54, 1.807) is 0 Å². The van der Waals surface area contributed by atoms with E-state index in [2.05, 4.69) is 19.2 Å². The summed E-state index contributed by atoms with van der Waals surface area (Å²) in [5, 5.41) is 3.27. The van der Waals surface area contributed by atoms with Gasteiger partial charge in [-0.3, -0.25) is 0 Å². The second-order valence-electron chi connectivity index (χ2n) is 1.58. The first-order valence-corrected chi connectivity index (χ1v) is 5.85. The van der Waals surface area contributed by atoms with Gasteiger partial charge in [-0.05, 0) is 6.54 Å². The zero-order valence-corrected chi connectivity index (χ0v) is 7.78. The van der Waals surface area contributed by atoms with E-state index in [9.17, 15) is 0 Å². The Morgan fingerprint density at radius 1 is 1.22 bits per heavy atom. The molecule has 0 radical (unpaired) electrons. The molecule has 3 heteroatoms. The van der Waals surface area contributed by atoms with E-state index in [1.165, 1.54) is 11.5 Å². The van der Waals surface area contributed by atoms with Crippen molar-refractivity contribution in [3.63, 3.8) is 0 Å². The molecule has 0 aliphatic rings. The van der Waals surface area contributed by atoms with E-state index in [-0.39, 0.29) is 0 Å². The Morgan fingerprint density at radius 2 is 2.00 bits per heavy atom. The van der Waals surface area contributed by atoms with E-state index in [1.807, 2.05) is 21.6 Å². The van der Waals surface area contributed by atoms with Gasteiger partial charge in [0.15, 0.2) is 0 Å². The number of hydrogen-bond acceptors (Lipinski definition) is 3. The number of rotatable bonds is 6. The van der Waals surface area contributed by atoms with Crippen LogP contribution in [0.3, 0.4) is 0 Å². The highest BCUT2D eigenvalue weighted by Crippen LogP contribution is 2.18. The van der Waals surface area contributed by atoms with E-state index < -0.39 is 0 Å². The molecule has 0 aliphatic heterocycles. The summed E-state index contributed by atoms with van der Waals surface area (Å²) < 4.78 is 0. The summed E-state index contributed by atoms with van der Waals surface area (Å²) in [6.45, 7) is 6.56. The molecule has 0 atom stereocenters. The van der Waals surface area contributed by atoms with E-state index in [4.69, 9.17) is 0 Å². The van der Waals surface area contributed by atoms with Gasteiger partial charge in [-0.1, -0.05) is 35.4 Å². The standard InChI is InChI=1S/C6H15NS2/c1-3-7-5-6-9-8-4-2/h7H,3-6H2,1-2H3. The van der Waals surface area contributed by atoms with Gasteiger partial charge in [0.25, 0.3) is 0 Å². The van der Waals surface area contributed by atoms with Gasteiger partial charge in [0.05, 0.1) is 0 Å². The topological polar surface area (TPSA) is 12.0 Å². The molecule has 0 rings (SSSR count). The van der Waals surface area contributed by atoms with Crippen LogP contribution in [0.15, 0.2) is 0 Å². The summed E-state index contributed by atoms with van der Waals surface area (Å²) in [5.74, 6) is 2.45. The van der Waals surface area contributed by atoms with Crippen molar-refractivity contribution in [3.05, 3.63) is 0 Å². The van der Waals surface area contributed by atoms with Crippen LogP contribution in [0.5, 0.6) is 0 Å². The molecule has 0 saturated carbocycles. The Kier molecular flexibility index (Phi) is 9.30. The molecule has 0 aliphatic carbocycles. The summed E-state index contributed by atoms with van der Waals surface area (Å²) in [4.78, 5) is 0.